The van der Waals surface area contributed by atoms with Crippen molar-refractivity contribution in [3.8, 4) is 16.9 Å². The molecule has 2 heterocycles. The molecule has 14 heteroatoms. The number of carbonyl (C=O) groups excluding carboxylic acids is 3. The largest absolute Gasteiger partial charge is 0.487 e. The van der Waals surface area contributed by atoms with E-state index < -0.39 is 14.4 Å². The third-order valence-corrected chi connectivity index (χ3v) is 19.7. The Kier molecular flexibility index (Phi) is 20.5. The van der Waals surface area contributed by atoms with Gasteiger partial charge in [-0.3, -0.25) is 24.6 Å². The molecule has 4 N–H and O–H groups in total. The second-order valence-electron chi connectivity index (χ2n) is 22.2. The number of unbranched alkanes of at least 4 members (excludes halogenated alkanes) is 1. The summed E-state index contributed by atoms with van der Waals surface area (Å²) in [5.74, 6) is 0.535. The van der Waals surface area contributed by atoms with Gasteiger partial charge in [0.25, 0.3) is 0 Å². The van der Waals surface area contributed by atoms with Gasteiger partial charge in [-0.1, -0.05) is 148 Å². The van der Waals surface area contributed by atoms with Crippen LogP contribution in [0.5, 0.6) is 5.75 Å². The van der Waals surface area contributed by atoms with Crippen LogP contribution in [-0.4, -0.2) is 86.4 Å². The molecule has 1 saturated heterocycles. The van der Waals surface area contributed by atoms with Crippen LogP contribution in [0.1, 0.15) is 87.7 Å². The molecule has 1 aliphatic heterocycles. The van der Waals surface area contributed by atoms with Gasteiger partial charge in [0.05, 0.1) is 17.3 Å². The number of carbonyl (C=O) groups is 3. The first kappa shape index (κ1) is 57.8. The maximum Gasteiger partial charge on any atom is 0.411 e. The summed E-state index contributed by atoms with van der Waals surface area (Å²) in [5.41, 5.74) is 8.19. The molecule has 13 nitrogen and oxygen atoms in total. The molecule has 414 valence electrons. The first-order valence-electron chi connectivity index (χ1n) is 27.9. The van der Waals surface area contributed by atoms with Crippen LogP contribution in [0.4, 0.5) is 16.2 Å². The fourth-order valence-electron chi connectivity index (χ4n) is 9.73. The molecule has 0 spiro atoms. The highest BCUT2D eigenvalue weighted by Gasteiger charge is 2.40. The average Bonchev–Trinajstić information content (AvgIpc) is 3.52. The second kappa shape index (κ2) is 28.0. The Bertz CT molecular complexity index is 3140. The van der Waals surface area contributed by atoms with E-state index in [0.717, 1.165) is 64.9 Å². The standard InChI is InChI=1S/C65H78N6O7Si/c1-65(2,3)79(4,5)78-59(55-31-33-58(63-56(55)32-34-62(74)69-63)76-47-50-22-11-7-12-23-50)46-71(45-49-20-9-6-10-21-49)40-35-48-24-19-27-52(44-48)67-61(73)30-17-18-39-66-60(72)38-43-70-41-36-53(37-42-70)77-64(75)68-57-29-16-15-28-54(57)51-25-13-8-14-26-51/h6-16,19-29,31-34,44,53,59H,17-18,30,35-43,45-47H2,1-5H3,(H,66,72)(H,67,73)(H,68,75)(H,69,74). The van der Waals surface area contributed by atoms with Crippen molar-refractivity contribution in [1.29, 1.82) is 0 Å². The number of para-hydroxylation sites is 1. The van der Waals surface area contributed by atoms with Crippen molar-refractivity contribution in [2.75, 3.05) is 49.9 Å². The van der Waals surface area contributed by atoms with E-state index in [1.54, 1.807) is 6.07 Å². The van der Waals surface area contributed by atoms with E-state index in [4.69, 9.17) is 13.9 Å². The molecule has 7 aromatic rings. The van der Waals surface area contributed by atoms with Crippen LogP contribution in [0.25, 0.3) is 22.0 Å². The van der Waals surface area contributed by atoms with E-state index in [0.29, 0.717) is 88.3 Å². The Morgan fingerprint density at radius 1 is 0.734 bits per heavy atom. The Hall–Kier alpha value is -7.36. The van der Waals surface area contributed by atoms with Gasteiger partial charge in [0, 0.05) is 81.4 Å². The molecule has 3 amide bonds. The number of fused-ring (bicyclic) bond motifs is 1. The number of aromatic nitrogens is 1. The van der Waals surface area contributed by atoms with Gasteiger partial charge in [-0.2, -0.15) is 0 Å². The summed E-state index contributed by atoms with van der Waals surface area (Å²) in [7, 11) is -2.34. The second-order valence-corrected chi connectivity index (χ2v) is 26.9. The summed E-state index contributed by atoms with van der Waals surface area (Å²) in [6.07, 6.45) is 3.24. The van der Waals surface area contributed by atoms with Crippen molar-refractivity contribution in [3.05, 3.63) is 196 Å². The number of nitrogens with zero attached hydrogens (tertiary/aromatic N) is 2. The molecule has 1 fully saturated rings. The van der Waals surface area contributed by atoms with E-state index in [2.05, 4.69) is 107 Å². The van der Waals surface area contributed by atoms with Crippen molar-refractivity contribution in [1.82, 2.24) is 20.1 Å². The van der Waals surface area contributed by atoms with Crippen LogP contribution in [0.2, 0.25) is 18.1 Å². The average molecular weight is 1080 g/mol. The fraction of sp³-hybridized carbons (Fsp3) is 0.354. The molecule has 1 aromatic heterocycles. The molecule has 0 bridgehead atoms. The number of benzene rings is 6. The molecule has 79 heavy (non-hydrogen) atoms. The molecule has 0 aliphatic carbocycles. The van der Waals surface area contributed by atoms with Crippen molar-refractivity contribution in [3.63, 3.8) is 0 Å². The summed E-state index contributed by atoms with van der Waals surface area (Å²) in [6, 6.07) is 53.7. The van der Waals surface area contributed by atoms with Gasteiger partial charge in [0.2, 0.25) is 17.4 Å². The van der Waals surface area contributed by atoms with Gasteiger partial charge in [-0.25, -0.2) is 4.79 Å². The zero-order valence-corrected chi connectivity index (χ0v) is 47.6. The smallest absolute Gasteiger partial charge is 0.411 e. The first-order valence-corrected chi connectivity index (χ1v) is 30.8. The highest BCUT2D eigenvalue weighted by molar-refractivity contribution is 6.74. The Morgan fingerprint density at radius 2 is 1.42 bits per heavy atom. The number of likely N-dealkylation sites (tertiary alicyclic amines) is 1. The molecule has 0 radical (unpaired) electrons. The number of H-pyrrole nitrogens is 1. The quantitative estimate of drug-likeness (QED) is 0.0323. The summed E-state index contributed by atoms with van der Waals surface area (Å²) >= 11 is 0. The molecule has 0 saturated carbocycles. The number of hydrogen-bond donors (Lipinski definition) is 4. The predicted octanol–water partition coefficient (Wildman–Crippen LogP) is 12.9. The van der Waals surface area contributed by atoms with Crippen molar-refractivity contribution in [2.45, 2.75) is 109 Å². The van der Waals surface area contributed by atoms with E-state index in [1.807, 2.05) is 115 Å². The van der Waals surface area contributed by atoms with Crippen LogP contribution < -0.4 is 26.2 Å². The van der Waals surface area contributed by atoms with Crippen LogP contribution in [0.15, 0.2) is 169 Å². The third kappa shape index (κ3) is 17.3. The Labute approximate surface area is 467 Å². The number of anilines is 2. The van der Waals surface area contributed by atoms with E-state index in [1.165, 1.54) is 5.56 Å². The number of ether oxygens (including phenoxy) is 2. The van der Waals surface area contributed by atoms with E-state index in [-0.39, 0.29) is 34.6 Å². The molecular weight excluding hydrogens is 1000 g/mol. The lowest BCUT2D eigenvalue weighted by molar-refractivity contribution is -0.121. The molecule has 1 unspecified atom stereocenters. The van der Waals surface area contributed by atoms with Gasteiger partial charge < -0.3 is 34.4 Å². The van der Waals surface area contributed by atoms with Crippen LogP contribution >= 0.6 is 0 Å². The van der Waals surface area contributed by atoms with Gasteiger partial charge in [0.15, 0.2) is 8.32 Å². The molecule has 1 atom stereocenters. The predicted molar refractivity (Wildman–Crippen MR) is 320 cm³/mol. The normalized spacial score (nSPS) is 13.7. The SMILES string of the molecule is CC(C)(C)[Si](C)(C)OC(CN(CCc1cccc(NC(=O)CCCCNC(=O)CCN2CCC(OC(=O)Nc3ccccc3-c3ccccc3)CC2)c1)Cc1ccccc1)c1ccc(OCc2ccccc2)c2[nH]c(=O)ccc12. The lowest BCUT2D eigenvalue weighted by atomic mass is 10.0. The minimum Gasteiger partial charge on any atom is -0.487 e. The van der Waals surface area contributed by atoms with Gasteiger partial charge in [-0.15, -0.1) is 0 Å². The first-order chi connectivity index (χ1) is 38.2. The van der Waals surface area contributed by atoms with E-state index in [9.17, 15) is 19.2 Å². The number of nitrogens with one attached hydrogen (secondary N) is 4. The van der Waals surface area contributed by atoms with E-state index >= 15 is 0 Å². The number of rotatable bonds is 25. The monoisotopic (exact) mass is 1080 g/mol. The zero-order valence-electron chi connectivity index (χ0n) is 46.6. The van der Waals surface area contributed by atoms with Gasteiger partial charge in [0.1, 0.15) is 18.5 Å². The maximum atomic E-state index is 13.2. The minimum absolute atomic E-state index is 0.0120. The molecule has 1 aliphatic rings. The number of amides is 3. The summed E-state index contributed by atoms with van der Waals surface area (Å²) in [6.45, 7) is 16.4. The summed E-state index contributed by atoms with van der Waals surface area (Å²) < 4.78 is 19.5. The van der Waals surface area contributed by atoms with Crippen molar-refractivity contribution < 1.29 is 28.3 Å². The Morgan fingerprint density at radius 3 is 2.15 bits per heavy atom. The lowest BCUT2D eigenvalue weighted by Crippen LogP contribution is -2.44. The molecule has 8 rings (SSSR count). The molecule has 6 aromatic carbocycles. The van der Waals surface area contributed by atoms with Crippen molar-refractivity contribution >= 4 is 48.5 Å². The fourth-order valence-corrected chi connectivity index (χ4v) is 11.0. The minimum atomic E-state index is -2.34. The van der Waals surface area contributed by atoms with Gasteiger partial charge in [-0.05, 0) is 108 Å². The van der Waals surface area contributed by atoms with Crippen molar-refractivity contribution in [2.24, 2.45) is 0 Å². The lowest BCUT2D eigenvalue weighted by Gasteiger charge is -2.41. The third-order valence-electron chi connectivity index (χ3n) is 15.2. The van der Waals surface area contributed by atoms with Crippen LogP contribution in [0, 0.1) is 0 Å². The Balaban J connectivity index is 0.800. The maximum absolute atomic E-state index is 13.2. The van der Waals surface area contributed by atoms with Crippen LogP contribution in [0.3, 0.4) is 0 Å². The highest BCUT2D eigenvalue weighted by atomic mass is 28.4. The summed E-state index contributed by atoms with van der Waals surface area (Å²) in [4.78, 5) is 59.5. The topological polar surface area (TPSA) is 154 Å². The number of hydrogen-bond acceptors (Lipinski definition) is 9. The number of piperidine rings is 1. The number of aromatic amines is 1. The summed E-state index contributed by atoms with van der Waals surface area (Å²) in [5, 5.41) is 9.89. The van der Waals surface area contributed by atoms with Gasteiger partial charge >= 0.3 is 6.09 Å². The number of pyridine rings is 1. The molecular formula is C65H78N6O7Si. The zero-order chi connectivity index (χ0) is 55.6. The highest BCUT2D eigenvalue weighted by Crippen LogP contribution is 2.42. The van der Waals surface area contributed by atoms with Crippen LogP contribution in [-0.2, 0) is 38.3 Å².